The summed E-state index contributed by atoms with van der Waals surface area (Å²) < 4.78 is 13.7. The molecule has 0 spiro atoms. The molecule has 0 aliphatic rings. The van der Waals surface area contributed by atoms with E-state index in [1.165, 1.54) is 12.1 Å². The Morgan fingerprint density at radius 3 is 2.32 bits per heavy atom. The van der Waals surface area contributed by atoms with Crippen molar-refractivity contribution in [2.45, 2.75) is 0 Å². The van der Waals surface area contributed by atoms with E-state index in [4.69, 9.17) is 46.4 Å². The van der Waals surface area contributed by atoms with Crippen molar-refractivity contribution in [2.75, 3.05) is 0 Å². The molecule has 0 saturated heterocycles. The summed E-state index contributed by atoms with van der Waals surface area (Å²) in [6.45, 7) is 0. The second-order valence-electron chi connectivity index (χ2n) is 4.23. The molecule has 0 bridgehead atoms. The Hall–Kier alpha value is -0.580. The number of hydrogen-bond acceptors (Lipinski definition) is 1. The minimum absolute atomic E-state index is 0.00298. The predicted molar refractivity (Wildman–Crippen MR) is 94.1 cm³/mol. The minimum Gasteiger partial charge on any atom is -0.288 e. The van der Waals surface area contributed by atoms with E-state index in [-0.39, 0.29) is 20.1 Å². The van der Waals surface area contributed by atoms with Gasteiger partial charge in [-0.05, 0) is 51.8 Å². The van der Waals surface area contributed by atoms with Crippen LogP contribution in [0, 0.1) is 5.82 Å². The van der Waals surface area contributed by atoms with E-state index >= 15 is 0 Å². The van der Waals surface area contributed by atoms with Crippen molar-refractivity contribution in [3.63, 3.8) is 0 Å². The van der Waals surface area contributed by atoms with Gasteiger partial charge in [-0.2, -0.15) is 0 Å². The third-order valence-electron chi connectivity index (χ3n) is 2.72. The van der Waals surface area contributed by atoms with Crippen LogP contribution in [0.4, 0.5) is 4.39 Å². The van der Waals surface area contributed by atoms with Crippen LogP contribution in [0.25, 0.3) is 6.08 Å². The number of carbonyl (C=O) groups is 1. The monoisotopic (exact) mass is 440 g/mol. The van der Waals surface area contributed by atoms with Crippen LogP contribution >= 0.6 is 62.3 Å². The maximum Gasteiger partial charge on any atom is 0.201 e. The van der Waals surface area contributed by atoms with Crippen molar-refractivity contribution in [1.82, 2.24) is 0 Å². The van der Waals surface area contributed by atoms with Crippen LogP contribution in [0.15, 0.2) is 34.8 Å². The van der Waals surface area contributed by atoms with Gasteiger partial charge in [-0.3, -0.25) is 4.79 Å². The molecule has 22 heavy (non-hydrogen) atoms. The Labute approximate surface area is 154 Å². The first kappa shape index (κ1) is 17.8. The first-order valence-electron chi connectivity index (χ1n) is 5.81. The zero-order chi connectivity index (χ0) is 16.4. The quantitative estimate of drug-likeness (QED) is 0.282. The van der Waals surface area contributed by atoms with Crippen LogP contribution in [0.3, 0.4) is 0 Å². The van der Waals surface area contributed by atoms with E-state index in [0.717, 1.165) is 6.07 Å². The molecule has 0 aromatic heterocycles. The molecule has 114 valence electrons. The normalized spacial score (nSPS) is 11.6. The zero-order valence-corrected chi connectivity index (χ0v) is 15.2. The van der Waals surface area contributed by atoms with E-state index < -0.39 is 11.6 Å². The van der Waals surface area contributed by atoms with Crippen molar-refractivity contribution < 1.29 is 9.18 Å². The fourth-order valence-electron chi connectivity index (χ4n) is 1.65. The summed E-state index contributed by atoms with van der Waals surface area (Å²) in [6, 6.07) is 7.02. The van der Waals surface area contributed by atoms with Crippen molar-refractivity contribution in [1.29, 1.82) is 0 Å². The topological polar surface area (TPSA) is 17.1 Å². The third-order valence-corrected chi connectivity index (χ3v) is 4.47. The Morgan fingerprint density at radius 1 is 1.00 bits per heavy atom. The van der Waals surface area contributed by atoms with Crippen LogP contribution in [0.2, 0.25) is 20.1 Å². The minimum atomic E-state index is -0.723. The molecule has 0 atom stereocenters. The molecular weight excluding hydrogens is 437 g/mol. The smallest absolute Gasteiger partial charge is 0.201 e. The lowest BCUT2D eigenvalue weighted by Crippen LogP contribution is -2.01. The van der Waals surface area contributed by atoms with Gasteiger partial charge in [0.05, 0.1) is 14.5 Å². The Kier molecular flexibility index (Phi) is 5.92. The van der Waals surface area contributed by atoms with E-state index in [9.17, 15) is 9.18 Å². The maximum absolute atomic E-state index is 13.5. The van der Waals surface area contributed by atoms with Gasteiger partial charge in [-0.15, -0.1) is 0 Å². The van der Waals surface area contributed by atoms with Crippen LogP contribution in [0.1, 0.15) is 15.9 Å². The number of rotatable bonds is 3. The summed E-state index contributed by atoms with van der Waals surface area (Å²) in [6.07, 6.45) is 1.50. The van der Waals surface area contributed by atoms with Gasteiger partial charge in [0.2, 0.25) is 5.78 Å². The number of hydrogen-bond donors (Lipinski definition) is 0. The van der Waals surface area contributed by atoms with Crippen molar-refractivity contribution in [3.8, 4) is 0 Å². The second kappa shape index (κ2) is 7.33. The number of Topliss-reactive ketones (excluding diaryl/α,β-unsaturated/α-hetero) is 1. The largest absolute Gasteiger partial charge is 0.288 e. The number of allylic oxidation sites excluding steroid dienone is 1. The highest BCUT2D eigenvalue weighted by Crippen LogP contribution is 2.30. The molecule has 0 amide bonds. The van der Waals surface area contributed by atoms with E-state index in [1.54, 1.807) is 18.2 Å². The summed E-state index contributed by atoms with van der Waals surface area (Å²) in [5.74, 6) is -1.22. The first-order chi connectivity index (χ1) is 10.3. The van der Waals surface area contributed by atoms with Crippen molar-refractivity contribution >= 4 is 74.2 Å². The first-order valence-corrected chi connectivity index (χ1v) is 8.11. The fraction of sp³-hybridized carbons (Fsp3) is 0. The highest BCUT2D eigenvalue weighted by Gasteiger charge is 2.17. The average Bonchev–Trinajstić information content (AvgIpc) is 2.45. The molecule has 0 saturated carbocycles. The lowest BCUT2D eigenvalue weighted by Gasteiger charge is -2.05. The lowest BCUT2D eigenvalue weighted by atomic mass is 10.1. The van der Waals surface area contributed by atoms with Crippen LogP contribution in [-0.2, 0) is 0 Å². The summed E-state index contributed by atoms with van der Waals surface area (Å²) in [7, 11) is 0. The molecule has 0 heterocycles. The van der Waals surface area contributed by atoms with Crippen LogP contribution < -0.4 is 0 Å². The number of carbonyl (C=O) groups excluding carboxylic acids is 1. The molecule has 0 N–H and O–H groups in total. The standard InChI is InChI=1S/C15H6BrCl4FO/c16-10(3-7-1-2-8(17)4-11(7)18)15(22)9-5-14(21)13(20)6-12(9)19/h1-6H/b10-3-. The molecule has 0 unspecified atom stereocenters. The summed E-state index contributed by atoms with van der Waals surface area (Å²) in [5.41, 5.74) is 0.577. The predicted octanol–water partition coefficient (Wildman–Crippen LogP) is 7.06. The van der Waals surface area contributed by atoms with Gasteiger partial charge in [-0.1, -0.05) is 52.5 Å². The fourth-order valence-corrected chi connectivity index (χ4v) is 3.04. The molecular formula is C15H6BrCl4FO. The van der Waals surface area contributed by atoms with Gasteiger partial charge < -0.3 is 0 Å². The van der Waals surface area contributed by atoms with Gasteiger partial charge in [0, 0.05) is 15.6 Å². The van der Waals surface area contributed by atoms with Crippen molar-refractivity contribution in [2.24, 2.45) is 0 Å². The van der Waals surface area contributed by atoms with Gasteiger partial charge in [0.1, 0.15) is 5.82 Å². The van der Waals surface area contributed by atoms with E-state index in [1.807, 2.05) is 0 Å². The average molecular weight is 443 g/mol. The molecule has 0 aliphatic heterocycles. The Balaban J connectivity index is 2.40. The van der Waals surface area contributed by atoms with Gasteiger partial charge in [0.15, 0.2) is 0 Å². The van der Waals surface area contributed by atoms with Gasteiger partial charge >= 0.3 is 0 Å². The molecule has 2 aromatic carbocycles. The highest BCUT2D eigenvalue weighted by atomic mass is 79.9. The lowest BCUT2D eigenvalue weighted by molar-refractivity contribution is 0.104. The number of halogens is 6. The highest BCUT2D eigenvalue weighted by molar-refractivity contribution is 9.12. The Bertz CT molecular complexity index is 789. The van der Waals surface area contributed by atoms with Gasteiger partial charge in [-0.25, -0.2) is 4.39 Å². The molecule has 2 rings (SSSR count). The maximum atomic E-state index is 13.5. The van der Waals surface area contributed by atoms with E-state index in [2.05, 4.69) is 15.9 Å². The molecule has 1 nitrogen and oxygen atoms in total. The van der Waals surface area contributed by atoms with Crippen LogP contribution in [-0.4, -0.2) is 5.78 Å². The molecule has 0 radical (unpaired) electrons. The van der Waals surface area contributed by atoms with E-state index in [0.29, 0.717) is 15.6 Å². The second-order valence-corrected chi connectivity index (χ2v) is 6.75. The molecule has 0 fully saturated rings. The summed E-state index contributed by atoms with van der Waals surface area (Å²) >= 11 is 26.5. The number of ketones is 1. The van der Waals surface area contributed by atoms with Crippen molar-refractivity contribution in [3.05, 3.63) is 71.8 Å². The summed E-state index contributed by atoms with van der Waals surface area (Å²) in [5, 5.41) is 0.768. The third kappa shape index (κ3) is 4.03. The zero-order valence-electron chi connectivity index (χ0n) is 10.6. The van der Waals surface area contributed by atoms with Gasteiger partial charge in [0.25, 0.3) is 0 Å². The Morgan fingerprint density at radius 2 is 1.68 bits per heavy atom. The summed E-state index contributed by atoms with van der Waals surface area (Å²) in [4.78, 5) is 12.3. The number of benzene rings is 2. The molecule has 2 aromatic rings. The SMILES string of the molecule is O=C(/C(Br)=C/c1ccc(Cl)cc1Cl)c1cc(F)c(Cl)cc1Cl. The van der Waals surface area contributed by atoms with Crippen LogP contribution in [0.5, 0.6) is 0 Å². The molecule has 0 aliphatic carbocycles. The molecule has 7 heteroatoms.